The van der Waals surface area contributed by atoms with Gasteiger partial charge >= 0.3 is 0 Å². The number of hydrogen-bond acceptors (Lipinski definition) is 3. The minimum Gasteiger partial charge on any atom is -0.376 e. The standard InChI is InChI=1S/C20H28F2N2O2/c1-13(25)24-8-2-3-19(23)20(24)12-26-18-6-4-14(5-7-18)15-9-16(21)11-17(22)10-15/h9-11,14,18-20H,2-8,12,23H2,1H3. The molecular formula is C20H28F2N2O2. The molecule has 0 aromatic heterocycles. The number of likely N-dealkylation sites (tertiary alicyclic amines) is 1. The van der Waals surface area contributed by atoms with Gasteiger partial charge < -0.3 is 15.4 Å². The van der Waals surface area contributed by atoms with E-state index in [0.717, 1.165) is 56.7 Å². The maximum Gasteiger partial charge on any atom is 0.219 e. The smallest absolute Gasteiger partial charge is 0.219 e. The number of rotatable bonds is 4. The number of benzene rings is 1. The number of amides is 1. The minimum absolute atomic E-state index is 0.0424. The van der Waals surface area contributed by atoms with Gasteiger partial charge in [0.15, 0.2) is 0 Å². The summed E-state index contributed by atoms with van der Waals surface area (Å²) in [5.41, 5.74) is 6.94. The van der Waals surface area contributed by atoms with Crippen molar-refractivity contribution >= 4 is 5.91 Å². The van der Waals surface area contributed by atoms with Crippen LogP contribution in [0.15, 0.2) is 18.2 Å². The highest BCUT2D eigenvalue weighted by molar-refractivity contribution is 5.73. The van der Waals surface area contributed by atoms with Gasteiger partial charge in [-0.05, 0) is 62.1 Å². The number of nitrogens with zero attached hydrogens (tertiary/aromatic N) is 1. The lowest BCUT2D eigenvalue weighted by Gasteiger charge is -2.40. The summed E-state index contributed by atoms with van der Waals surface area (Å²) in [5.74, 6) is -0.820. The lowest BCUT2D eigenvalue weighted by molar-refractivity contribution is -0.135. The monoisotopic (exact) mass is 366 g/mol. The van der Waals surface area contributed by atoms with E-state index in [2.05, 4.69) is 0 Å². The van der Waals surface area contributed by atoms with E-state index in [4.69, 9.17) is 10.5 Å². The van der Waals surface area contributed by atoms with Crippen LogP contribution >= 0.6 is 0 Å². The SMILES string of the molecule is CC(=O)N1CCCC(N)C1COC1CCC(c2cc(F)cc(F)c2)CC1. The molecule has 0 radical (unpaired) electrons. The predicted molar refractivity (Wildman–Crippen MR) is 95.7 cm³/mol. The maximum absolute atomic E-state index is 13.4. The van der Waals surface area contributed by atoms with Crippen molar-refractivity contribution in [3.8, 4) is 0 Å². The van der Waals surface area contributed by atoms with Crippen LogP contribution in [0, 0.1) is 11.6 Å². The molecule has 0 spiro atoms. The van der Waals surface area contributed by atoms with E-state index in [1.54, 1.807) is 6.92 Å². The molecule has 1 aromatic rings. The Balaban J connectivity index is 1.51. The van der Waals surface area contributed by atoms with Gasteiger partial charge in [0.1, 0.15) is 11.6 Å². The number of carbonyl (C=O) groups is 1. The lowest BCUT2D eigenvalue weighted by atomic mass is 9.82. The summed E-state index contributed by atoms with van der Waals surface area (Å²) in [6.07, 6.45) is 5.37. The van der Waals surface area contributed by atoms with Crippen LogP contribution in [-0.4, -0.2) is 42.1 Å². The second-order valence-corrected chi connectivity index (χ2v) is 7.60. The molecule has 2 atom stereocenters. The van der Waals surface area contributed by atoms with Gasteiger partial charge in [-0.2, -0.15) is 0 Å². The molecule has 2 fully saturated rings. The molecule has 6 heteroatoms. The van der Waals surface area contributed by atoms with Crippen LogP contribution in [0.2, 0.25) is 0 Å². The van der Waals surface area contributed by atoms with Crippen molar-refractivity contribution in [2.24, 2.45) is 5.73 Å². The van der Waals surface area contributed by atoms with Crippen molar-refractivity contribution in [3.05, 3.63) is 35.4 Å². The fraction of sp³-hybridized carbons (Fsp3) is 0.650. The summed E-state index contributed by atoms with van der Waals surface area (Å²) in [6, 6.07) is 3.67. The molecular weight excluding hydrogens is 338 g/mol. The molecule has 1 heterocycles. The first-order valence-electron chi connectivity index (χ1n) is 9.54. The van der Waals surface area contributed by atoms with Crippen molar-refractivity contribution in [1.82, 2.24) is 4.90 Å². The second kappa shape index (κ2) is 8.44. The second-order valence-electron chi connectivity index (χ2n) is 7.60. The van der Waals surface area contributed by atoms with Crippen molar-refractivity contribution in [1.29, 1.82) is 0 Å². The van der Waals surface area contributed by atoms with E-state index in [-0.39, 0.29) is 30.0 Å². The minimum atomic E-state index is -0.519. The highest BCUT2D eigenvalue weighted by Crippen LogP contribution is 2.35. The summed E-state index contributed by atoms with van der Waals surface area (Å²) < 4.78 is 32.9. The Morgan fingerprint density at radius 3 is 2.42 bits per heavy atom. The third-order valence-electron chi connectivity index (χ3n) is 5.77. The largest absolute Gasteiger partial charge is 0.376 e. The molecule has 2 N–H and O–H groups in total. The van der Waals surface area contributed by atoms with E-state index in [9.17, 15) is 13.6 Å². The van der Waals surface area contributed by atoms with Crippen molar-refractivity contribution < 1.29 is 18.3 Å². The number of carbonyl (C=O) groups excluding carboxylic acids is 1. The molecule has 1 aliphatic carbocycles. The van der Waals surface area contributed by atoms with Gasteiger partial charge in [0.2, 0.25) is 5.91 Å². The lowest BCUT2D eigenvalue weighted by Crippen LogP contribution is -2.56. The Morgan fingerprint density at radius 2 is 1.81 bits per heavy atom. The third-order valence-corrected chi connectivity index (χ3v) is 5.77. The van der Waals surface area contributed by atoms with Crippen molar-refractivity contribution in [3.63, 3.8) is 0 Å². The van der Waals surface area contributed by atoms with E-state index in [1.165, 1.54) is 12.1 Å². The fourth-order valence-electron chi connectivity index (χ4n) is 4.30. The number of piperidine rings is 1. The molecule has 2 aliphatic rings. The Morgan fingerprint density at radius 1 is 1.15 bits per heavy atom. The van der Waals surface area contributed by atoms with Crippen LogP contribution in [0.4, 0.5) is 8.78 Å². The van der Waals surface area contributed by atoms with Crippen LogP contribution in [0.25, 0.3) is 0 Å². The topological polar surface area (TPSA) is 55.6 Å². The van der Waals surface area contributed by atoms with Gasteiger partial charge in [0.25, 0.3) is 0 Å². The van der Waals surface area contributed by atoms with E-state index in [1.807, 2.05) is 4.90 Å². The van der Waals surface area contributed by atoms with Gasteiger partial charge in [0, 0.05) is 25.6 Å². The van der Waals surface area contributed by atoms with Gasteiger partial charge in [-0.25, -0.2) is 8.78 Å². The Hall–Kier alpha value is -1.53. The number of ether oxygens (including phenoxy) is 1. The molecule has 2 unspecified atom stereocenters. The van der Waals surface area contributed by atoms with Gasteiger partial charge in [0.05, 0.1) is 18.8 Å². The predicted octanol–water partition coefficient (Wildman–Crippen LogP) is 3.35. The maximum atomic E-state index is 13.4. The third kappa shape index (κ3) is 4.60. The highest BCUT2D eigenvalue weighted by Gasteiger charge is 2.32. The van der Waals surface area contributed by atoms with Crippen LogP contribution < -0.4 is 5.73 Å². The Bertz CT molecular complexity index is 612. The number of hydrogen-bond donors (Lipinski definition) is 1. The Kier molecular flexibility index (Phi) is 6.24. The summed E-state index contributed by atoms with van der Waals surface area (Å²) in [6.45, 7) is 2.79. The van der Waals surface area contributed by atoms with Crippen LogP contribution in [0.1, 0.15) is 56.9 Å². The summed E-state index contributed by atoms with van der Waals surface area (Å²) in [7, 11) is 0. The van der Waals surface area contributed by atoms with Crippen molar-refractivity contribution in [2.75, 3.05) is 13.2 Å². The van der Waals surface area contributed by atoms with Crippen LogP contribution in [0.5, 0.6) is 0 Å². The molecule has 1 saturated carbocycles. The first kappa shape index (κ1) is 19.2. The fourth-order valence-corrected chi connectivity index (χ4v) is 4.30. The quantitative estimate of drug-likeness (QED) is 0.889. The zero-order valence-electron chi connectivity index (χ0n) is 15.3. The molecule has 1 amide bonds. The summed E-state index contributed by atoms with van der Waals surface area (Å²) in [5, 5.41) is 0. The van der Waals surface area contributed by atoms with E-state index < -0.39 is 11.6 Å². The highest BCUT2D eigenvalue weighted by atomic mass is 19.1. The molecule has 4 nitrogen and oxygen atoms in total. The molecule has 3 rings (SSSR count). The van der Waals surface area contributed by atoms with Gasteiger partial charge in [-0.1, -0.05) is 0 Å². The molecule has 26 heavy (non-hydrogen) atoms. The number of halogens is 2. The molecule has 1 aromatic carbocycles. The van der Waals surface area contributed by atoms with Crippen molar-refractivity contribution in [2.45, 2.75) is 69.6 Å². The molecule has 1 aliphatic heterocycles. The summed E-state index contributed by atoms with van der Waals surface area (Å²) >= 11 is 0. The van der Waals surface area contributed by atoms with Gasteiger partial charge in [-0.3, -0.25) is 4.79 Å². The Labute approximate surface area is 153 Å². The van der Waals surface area contributed by atoms with E-state index in [0.29, 0.717) is 6.61 Å². The van der Waals surface area contributed by atoms with Crippen LogP contribution in [-0.2, 0) is 9.53 Å². The normalized spacial score (nSPS) is 29.6. The molecule has 0 bridgehead atoms. The zero-order chi connectivity index (χ0) is 18.7. The first-order chi connectivity index (χ1) is 12.4. The average molecular weight is 366 g/mol. The van der Waals surface area contributed by atoms with Gasteiger partial charge in [-0.15, -0.1) is 0 Å². The summed E-state index contributed by atoms with van der Waals surface area (Å²) in [4.78, 5) is 13.6. The first-order valence-corrected chi connectivity index (χ1v) is 9.54. The van der Waals surface area contributed by atoms with E-state index >= 15 is 0 Å². The molecule has 1 saturated heterocycles. The average Bonchev–Trinajstić information content (AvgIpc) is 2.60. The molecule has 144 valence electrons. The zero-order valence-corrected chi connectivity index (χ0v) is 15.3. The number of nitrogens with two attached hydrogens (primary N) is 1. The van der Waals surface area contributed by atoms with Crippen LogP contribution in [0.3, 0.4) is 0 Å².